The molecule has 1 heterocycles. The molecule has 1 aromatic carbocycles. The van der Waals surface area contributed by atoms with Crippen molar-refractivity contribution < 1.29 is 29.2 Å². The lowest BCUT2D eigenvalue weighted by atomic mass is 9.94. The van der Waals surface area contributed by atoms with Crippen LogP contribution in [0.25, 0.3) is 0 Å². The Morgan fingerprint density at radius 2 is 1.61 bits per heavy atom. The molecule has 2 rings (SSSR count). The molecule has 0 radical (unpaired) electrons. The molecule has 11 heteroatoms. The van der Waals surface area contributed by atoms with Gasteiger partial charge in [-0.15, -0.1) is 0 Å². The number of rotatable bonds is 8. The maximum Gasteiger partial charge on any atom is 0.243 e. The maximum atomic E-state index is 13.4. The van der Waals surface area contributed by atoms with E-state index in [1.165, 1.54) is 6.92 Å². The van der Waals surface area contributed by atoms with Gasteiger partial charge in [-0.05, 0) is 31.2 Å². The van der Waals surface area contributed by atoms with E-state index < -0.39 is 59.6 Å². The van der Waals surface area contributed by atoms with Gasteiger partial charge in [0.15, 0.2) is 0 Å². The highest BCUT2D eigenvalue weighted by atomic mass is 16.5. The third kappa shape index (κ3) is 9.29. The van der Waals surface area contributed by atoms with Gasteiger partial charge in [-0.3, -0.25) is 29.2 Å². The molecule has 6 N–H and O–H groups in total. The molecule has 0 aliphatic carbocycles. The Bertz CT molecular complexity index is 1010. The molecule has 5 atom stereocenters. The number of hydroxylamine groups is 1. The molecule has 0 aromatic heterocycles. The zero-order valence-corrected chi connectivity index (χ0v) is 22.3. The van der Waals surface area contributed by atoms with Gasteiger partial charge < -0.3 is 21.3 Å². The van der Waals surface area contributed by atoms with E-state index in [0.29, 0.717) is 6.42 Å². The SMILES string of the molecule is CC(C)C1NC(=O)[C@@H](C)[C@@H](C/C=C\CCC(=O)NO)NC(=O)[C@@H](Cc2ccccc2)NC(=O)[C@@H](C)NC1=O. The van der Waals surface area contributed by atoms with Crippen LogP contribution < -0.4 is 26.7 Å². The van der Waals surface area contributed by atoms with E-state index in [2.05, 4.69) is 21.3 Å². The van der Waals surface area contributed by atoms with E-state index in [1.807, 2.05) is 30.3 Å². The van der Waals surface area contributed by atoms with Crippen LogP contribution in [-0.2, 0) is 30.4 Å². The summed E-state index contributed by atoms with van der Waals surface area (Å²) in [5.41, 5.74) is 2.40. The summed E-state index contributed by atoms with van der Waals surface area (Å²) < 4.78 is 0. The highest BCUT2D eigenvalue weighted by Gasteiger charge is 2.34. The summed E-state index contributed by atoms with van der Waals surface area (Å²) in [6.45, 7) is 6.77. The number of amides is 5. The van der Waals surface area contributed by atoms with Crippen LogP contribution in [0.2, 0.25) is 0 Å². The van der Waals surface area contributed by atoms with E-state index >= 15 is 0 Å². The molecule has 5 amide bonds. The van der Waals surface area contributed by atoms with Crippen LogP contribution in [0.5, 0.6) is 0 Å². The van der Waals surface area contributed by atoms with Crippen molar-refractivity contribution in [1.82, 2.24) is 26.7 Å². The fourth-order valence-electron chi connectivity index (χ4n) is 4.03. The number of allylic oxidation sites excluding steroid dienone is 1. The first-order valence-electron chi connectivity index (χ1n) is 12.9. The molecular formula is C27H39N5O6. The summed E-state index contributed by atoms with van der Waals surface area (Å²) in [6, 6.07) is 5.80. The first-order valence-corrected chi connectivity index (χ1v) is 12.9. The number of nitrogens with one attached hydrogen (secondary N) is 5. The van der Waals surface area contributed by atoms with E-state index in [1.54, 1.807) is 38.4 Å². The zero-order valence-electron chi connectivity index (χ0n) is 22.3. The third-order valence-electron chi connectivity index (χ3n) is 6.48. The summed E-state index contributed by atoms with van der Waals surface area (Å²) in [5, 5.41) is 19.7. The van der Waals surface area contributed by atoms with Crippen molar-refractivity contribution in [3.8, 4) is 0 Å². The van der Waals surface area contributed by atoms with E-state index in [-0.39, 0.29) is 25.2 Å². The molecule has 208 valence electrons. The van der Waals surface area contributed by atoms with Crippen LogP contribution in [0, 0.1) is 11.8 Å². The van der Waals surface area contributed by atoms with Crippen molar-refractivity contribution in [3.05, 3.63) is 48.0 Å². The minimum Gasteiger partial charge on any atom is -0.350 e. The topological polar surface area (TPSA) is 166 Å². The van der Waals surface area contributed by atoms with Crippen LogP contribution in [0.3, 0.4) is 0 Å². The van der Waals surface area contributed by atoms with Gasteiger partial charge in [-0.2, -0.15) is 0 Å². The van der Waals surface area contributed by atoms with Crippen molar-refractivity contribution in [2.45, 2.75) is 77.5 Å². The highest BCUT2D eigenvalue weighted by Crippen LogP contribution is 2.14. The first kappa shape index (κ1) is 30.5. The second kappa shape index (κ2) is 14.9. The summed E-state index contributed by atoms with van der Waals surface area (Å²) in [5.74, 6) is -3.37. The van der Waals surface area contributed by atoms with Crippen LogP contribution in [-0.4, -0.2) is 58.9 Å². The van der Waals surface area contributed by atoms with E-state index in [0.717, 1.165) is 5.56 Å². The first-order chi connectivity index (χ1) is 18.0. The van der Waals surface area contributed by atoms with Crippen molar-refractivity contribution >= 4 is 29.5 Å². The Kier molecular flexibility index (Phi) is 11.9. The van der Waals surface area contributed by atoms with Crippen LogP contribution in [0.4, 0.5) is 0 Å². The third-order valence-corrected chi connectivity index (χ3v) is 6.48. The molecule has 0 saturated carbocycles. The fraction of sp³-hybridized carbons (Fsp3) is 0.519. The molecule has 1 aliphatic rings. The second-order valence-corrected chi connectivity index (χ2v) is 9.90. The quantitative estimate of drug-likeness (QED) is 0.165. The molecule has 1 fully saturated rings. The molecule has 38 heavy (non-hydrogen) atoms. The summed E-state index contributed by atoms with van der Waals surface area (Å²) in [7, 11) is 0. The van der Waals surface area contributed by atoms with Crippen molar-refractivity contribution in [1.29, 1.82) is 0 Å². The van der Waals surface area contributed by atoms with Gasteiger partial charge >= 0.3 is 0 Å². The molecule has 1 unspecified atom stereocenters. The van der Waals surface area contributed by atoms with Crippen LogP contribution in [0.15, 0.2) is 42.5 Å². The molecule has 1 aromatic rings. The molecular weight excluding hydrogens is 490 g/mol. The van der Waals surface area contributed by atoms with Gasteiger partial charge in [-0.1, -0.05) is 63.3 Å². The van der Waals surface area contributed by atoms with Crippen LogP contribution in [0.1, 0.15) is 52.5 Å². The van der Waals surface area contributed by atoms with Crippen LogP contribution >= 0.6 is 0 Å². The molecule has 1 saturated heterocycles. The Balaban J connectivity index is 2.36. The zero-order chi connectivity index (χ0) is 28.2. The smallest absolute Gasteiger partial charge is 0.243 e. The summed E-state index contributed by atoms with van der Waals surface area (Å²) >= 11 is 0. The Hall–Kier alpha value is -3.73. The average molecular weight is 530 g/mol. The minimum absolute atomic E-state index is 0.0780. The lowest BCUT2D eigenvalue weighted by Crippen LogP contribution is -2.56. The number of benzene rings is 1. The summed E-state index contributed by atoms with van der Waals surface area (Å²) in [6.07, 6.45) is 4.39. The number of carbonyl (C=O) groups is 5. The Labute approximate surface area is 223 Å². The Morgan fingerprint density at radius 1 is 0.921 bits per heavy atom. The lowest BCUT2D eigenvalue weighted by molar-refractivity contribution is -0.134. The predicted molar refractivity (Wildman–Crippen MR) is 140 cm³/mol. The standard InChI is InChI=1S/C27H39N5O6/c1-16(2)23-27(37)28-18(4)25(35)30-21(15-19-11-7-5-8-12-19)26(36)29-20(17(3)24(34)31-23)13-9-6-10-14-22(33)32-38/h5-9,11-12,16-18,20-21,23,38H,10,13-15H2,1-4H3,(H,28,37)(H,29,36)(H,30,35)(H,31,34)(H,32,33)/b9-6-/t17-,18+,20+,21+,23?/m0/s1. The van der Waals surface area contributed by atoms with Gasteiger partial charge in [0.05, 0.1) is 5.92 Å². The molecule has 0 bridgehead atoms. The van der Waals surface area contributed by atoms with Gasteiger partial charge in [-0.25, -0.2) is 5.48 Å². The molecule has 1 aliphatic heterocycles. The number of hydrogen-bond acceptors (Lipinski definition) is 6. The largest absolute Gasteiger partial charge is 0.350 e. The van der Waals surface area contributed by atoms with Gasteiger partial charge in [0.25, 0.3) is 0 Å². The average Bonchev–Trinajstić information content (AvgIpc) is 2.89. The molecule has 11 nitrogen and oxygen atoms in total. The highest BCUT2D eigenvalue weighted by molar-refractivity contribution is 5.95. The van der Waals surface area contributed by atoms with Crippen molar-refractivity contribution in [2.24, 2.45) is 11.8 Å². The normalized spacial score (nSPS) is 25.4. The minimum atomic E-state index is -0.944. The molecule has 0 spiro atoms. The number of carbonyl (C=O) groups excluding carboxylic acids is 5. The monoisotopic (exact) mass is 529 g/mol. The van der Waals surface area contributed by atoms with Gasteiger partial charge in [0.2, 0.25) is 29.5 Å². The van der Waals surface area contributed by atoms with Gasteiger partial charge in [0, 0.05) is 18.9 Å². The second-order valence-electron chi connectivity index (χ2n) is 9.90. The van der Waals surface area contributed by atoms with Gasteiger partial charge in [0.1, 0.15) is 18.1 Å². The summed E-state index contributed by atoms with van der Waals surface area (Å²) in [4.78, 5) is 63.8. The van der Waals surface area contributed by atoms with E-state index in [9.17, 15) is 24.0 Å². The fourth-order valence-corrected chi connectivity index (χ4v) is 4.03. The lowest BCUT2D eigenvalue weighted by Gasteiger charge is -2.28. The van der Waals surface area contributed by atoms with Crippen molar-refractivity contribution in [3.63, 3.8) is 0 Å². The maximum absolute atomic E-state index is 13.4. The Morgan fingerprint density at radius 3 is 2.24 bits per heavy atom. The number of hydrogen-bond donors (Lipinski definition) is 6. The predicted octanol–water partition coefficient (Wildman–Crippen LogP) is 0.726. The van der Waals surface area contributed by atoms with Crippen molar-refractivity contribution in [2.75, 3.05) is 0 Å². The van der Waals surface area contributed by atoms with E-state index in [4.69, 9.17) is 5.21 Å².